The molecule has 3 aromatic rings. The van der Waals surface area contributed by atoms with Crippen LogP contribution in [0, 0.1) is 0 Å². The van der Waals surface area contributed by atoms with Crippen molar-refractivity contribution in [1.82, 2.24) is 0 Å². The van der Waals surface area contributed by atoms with Crippen molar-refractivity contribution in [3.63, 3.8) is 0 Å². The molecule has 0 spiro atoms. The van der Waals surface area contributed by atoms with Crippen LogP contribution >= 0.6 is 0 Å². The first-order chi connectivity index (χ1) is 15.6. The lowest BCUT2D eigenvalue weighted by atomic mass is 9.99. The summed E-state index contributed by atoms with van der Waals surface area (Å²) in [6.45, 7) is -0.666. The van der Waals surface area contributed by atoms with Gasteiger partial charge in [-0.1, -0.05) is 0 Å². The molecule has 33 heavy (non-hydrogen) atoms. The lowest BCUT2D eigenvalue weighted by Crippen LogP contribution is -2.60. The van der Waals surface area contributed by atoms with Crippen LogP contribution in [0.1, 0.15) is 0 Å². The fraction of sp³-hybridized carbons (Fsp3) is 0.286. The summed E-state index contributed by atoms with van der Waals surface area (Å²) in [5, 5.41) is 78.8. The standard InChI is InChI=1S/C21H20O12/c22-6-13-15(26)17(28)19(30)21(33-13)32-11-2-1-7(3-9(11)24)20-18(29)16(27)14-10(25)4-8(23)5-12(14)31-20/h1-5,13,15,17,19,21-26,28-30H,6H2/t13-,15-,17+,19-,21-/m0/s1. The Labute approximate surface area is 184 Å². The normalized spacial score (nSPS) is 25.3. The molecule has 2 aromatic carbocycles. The van der Waals surface area contributed by atoms with Crippen molar-refractivity contribution >= 4 is 11.0 Å². The summed E-state index contributed by atoms with van der Waals surface area (Å²) in [5.74, 6) is -2.97. The number of phenols is 3. The third kappa shape index (κ3) is 3.90. The number of hydrogen-bond acceptors (Lipinski definition) is 12. The number of hydrogen-bond donors (Lipinski definition) is 8. The van der Waals surface area contributed by atoms with Gasteiger partial charge in [0.2, 0.25) is 17.5 Å². The molecular formula is C21H20O12. The molecule has 0 aliphatic carbocycles. The van der Waals surface area contributed by atoms with E-state index in [1.165, 1.54) is 12.1 Å². The van der Waals surface area contributed by atoms with Crippen molar-refractivity contribution in [3.8, 4) is 40.1 Å². The Kier molecular flexibility index (Phi) is 5.78. The van der Waals surface area contributed by atoms with E-state index in [1.807, 2.05) is 0 Å². The average molecular weight is 464 g/mol. The zero-order valence-electron chi connectivity index (χ0n) is 16.7. The predicted molar refractivity (Wildman–Crippen MR) is 109 cm³/mol. The van der Waals surface area contributed by atoms with Crippen LogP contribution in [-0.2, 0) is 4.74 Å². The molecule has 0 bridgehead atoms. The van der Waals surface area contributed by atoms with E-state index in [0.717, 1.165) is 18.2 Å². The fourth-order valence-electron chi connectivity index (χ4n) is 3.52. The van der Waals surface area contributed by atoms with E-state index in [9.17, 15) is 45.6 Å². The van der Waals surface area contributed by atoms with Crippen molar-refractivity contribution in [2.45, 2.75) is 30.7 Å². The summed E-state index contributed by atoms with van der Waals surface area (Å²) in [4.78, 5) is 12.5. The smallest absolute Gasteiger partial charge is 0.238 e. The SMILES string of the molecule is O=c1c(O)c(-c2ccc(O[C@H]3O[C@@H](CO)[C@H](O)[C@@H](O)[C@@H]3O)c(O)c2)oc2cc(O)cc(O)c12. The van der Waals surface area contributed by atoms with Gasteiger partial charge in [0.25, 0.3) is 0 Å². The molecule has 0 saturated carbocycles. The van der Waals surface area contributed by atoms with Gasteiger partial charge in [-0.05, 0) is 18.2 Å². The van der Waals surface area contributed by atoms with Crippen LogP contribution < -0.4 is 10.2 Å². The number of fused-ring (bicyclic) bond motifs is 1. The summed E-state index contributed by atoms with van der Waals surface area (Å²) in [6, 6.07) is 5.51. The summed E-state index contributed by atoms with van der Waals surface area (Å²) in [7, 11) is 0. The minimum absolute atomic E-state index is 0.0213. The number of ether oxygens (including phenoxy) is 2. The number of rotatable bonds is 4. The van der Waals surface area contributed by atoms with Gasteiger partial charge >= 0.3 is 0 Å². The van der Waals surface area contributed by atoms with E-state index in [1.54, 1.807) is 0 Å². The quantitative estimate of drug-likeness (QED) is 0.245. The lowest BCUT2D eigenvalue weighted by molar-refractivity contribution is -0.277. The zero-order valence-corrected chi connectivity index (χ0v) is 16.7. The number of aliphatic hydroxyl groups is 4. The highest BCUT2D eigenvalue weighted by atomic mass is 16.7. The molecule has 5 atom stereocenters. The Hall–Kier alpha value is -3.55. The molecule has 176 valence electrons. The van der Waals surface area contributed by atoms with Crippen molar-refractivity contribution < 1.29 is 54.7 Å². The maximum absolute atomic E-state index is 12.5. The minimum Gasteiger partial charge on any atom is -0.508 e. The highest BCUT2D eigenvalue weighted by Gasteiger charge is 2.45. The Morgan fingerprint density at radius 2 is 1.64 bits per heavy atom. The molecule has 1 aliphatic rings. The van der Waals surface area contributed by atoms with Gasteiger partial charge in [0, 0.05) is 17.7 Å². The fourth-order valence-corrected chi connectivity index (χ4v) is 3.52. The summed E-state index contributed by atoms with van der Waals surface area (Å²) < 4.78 is 16.1. The Morgan fingerprint density at radius 3 is 2.30 bits per heavy atom. The number of aromatic hydroxyl groups is 4. The molecule has 12 heteroatoms. The Balaban J connectivity index is 1.68. The summed E-state index contributed by atoms with van der Waals surface area (Å²) in [5.41, 5.74) is -1.16. The molecule has 1 saturated heterocycles. The van der Waals surface area contributed by atoms with Crippen molar-refractivity contribution in [3.05, 3.63) is 40.6 Å². The van der Waals surface area contributed by atoms with Crippen molar-refractivity contribution in [2.24, 2.45) is 0 Å². The van der Waals surface area contributed by atoms with Gasteiger partial charge in [-0.3, -0.25) is 4.79 Å². The van der Waals surface area contributed by atoms with Gasteiger partial charge in [-0.25, -0.2) is 0 Å². The van der Waals surface area contributed by atoms with Crippen LogP contribution in [0.15, 0.2) is 39.5 Å². The Morgan fingerprint density at radius 1 is 0.909 bits per heavy atom. The van der Waals surface area contributed by atoms with Gasteiger partial charge in [0.05, 0.1) is 6.61 Å². The highest BCUT2D eigenvalue weighted by molar-refractivity contribution is 5.88. The van der Waals surface area contributed by atoms with E-state index in [2.05, 4.69) is 0 Å². The molecular weight excluding hydrogens is 444 g/mol. The molecule has 2 heterocycles. The molecule has 1 aliphatic heterocycles. The first kappa shape index (κ1) is 22.6. The van der Waals surface area contributed by atoms with E-state index in [4.69, 9.17) is 13.9 Å². The maximum Gasteiger partial charge on any atom is 0.238 e. The van der Waals surface area contributed by atoms with Crippen LogP contribution in [0.25, 0.3) is 22.3 Å². The molecule has 0 amide bonds. The van der Waals surface area contributed by atoms with Gasteiger partial charge in [0.1, 0.15) is 46.9 Å². The second-order valence-electron chi connectivity index (χ2n) is 7.44. The monoisotopic (exact) mass is 464 g/mol. The first-order valence-electron chi connectivity index (χ1n) is 9.64. The van der Waals surface area contributed by atoms with E-state index in [0.29, 0.717) is 0 Å². The molecule has 1 fully saturated rings. The van der Waals surface area contributed by atoms with Crippen LogP contribution in [0.2, 0.25) is 0 Å². The van der Waals surface area contributed by atoms with Crippen molar-refractivity contribution in [1.29, 1.82) is 0 Å². The minimum atomic E-state index is -1.70. The van der Waals surface area contributed by atoms with E-state index >= 15 is 0 Å². The average Bonchev–Trinajstić information content (AvgIpc) is 2.77. The number of aliphatic hydroxyl groups excluding tert-OH is 4. The van der Waals surface area contributed by atoms with Crippen LogP contribution in [0.5, 0.6) is 28.7 Å². The van der Waals surface area contributed by atoms with Crippen LogP contribution in [0.3, 0.4) is 0 Å². The van der Waals surface area contributed by atoms with Gasteiger partial charge in [-0.2, -0.15) is 0 Å². The van der Waals surface area contributed by atoms with E-state index < -0.39 is 60.0 Å². The predicted octanol–water partition coefficient (Wildman–Crippen LogP) is -0.539. The summed E-state index contributed by atoms with van der Waals surface area (Å²) >= 11 is 0. The van der Waals surface area contributed by atoms with Gasteiger partial charge in [0.15, 0.2) is 17.3 Å². The number of benzene rings is 2. The molecule has 8 N–H and O–H groups in total. The third-order valence-corrected chi connectivity index (χ3v) is 5.25. The van der Waals surface area contributed by atoms with Gasteiger partial charge in [-0.15, -0.1) is 0 Å². The summed E-state index contributed by atoms with van der Waals surface area (Å²) in [6.07, 6.45) is -7.73. The molecule has 0 unspecified atom stereocenters. The largest absolute Gasteiger partial charge is 0.508 e. The maximum atomic E-state index is 12.5. The highest BCUT2D eigenvalue weighted by Crippen LogP contribution is 2.39. The van der Waals surface area contributed by atoms with E-state index in [-0.39, 0.29) is 33.8 Å². The second kappa shape index (κ2) is 8.42. The zero-order chi connectivity index (χ0) is 24.0. The second-order valence-corrected chi connectivity index (χ2v) is 7.44. The lowest BCUT2D eigenvalue weighted by Gasteiger charge is -2.39. The van der Waals surface area contributed by atoms with Crippen LogP contribution in [0.4, 0.5) is 0 Å². The Bertz CT molecular complexity index is 1250. The first-order valence-corrected chi connectivity index (χ1v) is 9.64. The molecule has 0 radical (unpaired) electrons. The topological polar surface area (TPSA) is 211 Å². The molecule has 12 nitrogen and oxygen atoms in total. The third-order valence-electron chi connectivity index (χ3n) is 5.25. The van der Waals surface area contributed by atoms with Crippen LogP contribution in [-0.4, -0.2) is 78.2 Å². The van der Waals surface area contributed by atoms with Crippen molar-refractivity contribution in [2.75, 3.05) is 6.61 Å². The van der Waals surface area contributed by atoms with Gasteiger partial charge < -0.3 is 54.7 Å². The molecule has 4 rings (SSSR count). The molecule has 1 aromatic heterocycles. The number of phenolic OH excluding ortho intramolecular Hbond substituents is 3.